The number of ketones is 1. The molecule has 2 N–H and O–H groups in total. The van der Waals surface area contributed by atoms with E-state index >= 15 is 0 Å². The fourth-order valence-corrected chi connectivity index (χ4v) is 2.53. The number of hydrogen-bond donors (Lipinski definition) is 2. The molecule has 3 aromatic rings. The number of carbonyl (C=O) groups is 2. The van der Waals surface area contributed by atoms with Gasteiger partial charge in [-0.3, -0.25) is 14.6 Å². The van der Waals surface area contributed by atoms with E-state index in [0.717, 1.165) is 5.69 Å². The Morgan fingerprint density at radius 1 is 0.926 bits per heavy atom. The molecule has 136 valence electrons. The second kappa shape index (κ2) is 8.14. The number of para-hydroxylation sites is 2. The highest BCUT2D eigenvalue weighted by Gasteiger charge is 2.09. The van der Waals surface area contributed by atoms with Gasteiger partial charge in [0.1, 0.15) is 5.75 Å². The van der Waals surface area contributed by atoms with E-state index in [1.165, 1.54) is 13.1 Å². The molecule has 1 aromatic heterocycles. The van der Waals surface area contributed by atoms with Gasteiger partial charge in [-0.1, -0.05) is 12.1 Å². The molecular weight excluding hydrogens is 342 g/mol. The summed E-state index contributed by atoms with van der Waals surface area (Å²) < 4.78 is 5.31. The molecular formula is C21H19N3O3. The maximum absolute atomic E-state index is 12.5. The minimum Gasteiger partial charge on any atom is -0.495 e. The highest BCUT2D eigenvalue weighted by molar-refractivity contribution is 6.05. The van der Waals surface area contributed by atoms with Gasteiger partial charge in [-0.05, 0) is 49.4 Å². The average molecular weight is 361 g/mol. The zero-order valence-corrected chi connectivity index (χ0v) is 15.0. The Morgan fingerprint density at radius 2 is 1.67 bits per heavy atom. The van der Waals surface area contributed by atoms with E-state index in [9.17, 15) is 9.59 Å². The largest absolute Gasteiger partial charge is 0.495 e. The number of pyridine rings is 1. The molecule has 2 aromatic carbocycles. The number of amides is 1. The molecule has 0 radical (unpaired) electrons. The molecule has 1 amide bonds. The second-order valence-electron chi connectivity index (χ2n) is 5.88. The Hall–Kier alpha value is -3.67. The maximum atomic E-state index is 12.5. The Balaban J connectivity index is 1.74. The van der Waals surface area contributed by atoms with Crippen molar-refractivity contribution in [3.8, 4) is 5.75 Å². The van der Waals surface area contributed by atoms with Gasteiger partial charge in [-0.25, -0.2) is 0 Å². The smallest absolute Gasteiger partial charge is 0.257 e. The van der Waals surface area contributed by atoms with Crippen LogP contribution in [0.2, 0.25) is 0 Å². The summed E-state index contributed by atoms with van der Waals surface area (Å²) in [7, 11) is 1.60. The summed E-state index contributed by atoms with van der Waals surface area (Å²) in [5.41, 5.74) is 3.05. The minimum absolute atomic E-state index is 0.0211. The molecule has 0 aliphatic carbocycles. The lowest BCUT2D eigenvalue weighted by Crippen LogP contribution is -2.12. The van der Waals surface area contributed by atoms with Crippen LogP contribution in [0.15, 0.2) is 67.0 Å². The van der Waals surface area contributed by atoms with Gasteiger partial charge in [0.15, 0.2) is 5.78 Å². The fraction of sp³-hybridized carbons (Fsp3) is 0.0952. The molecule has 0 saturated heterocycles. The van der Waals surface area contributed by atoms with Crippen molar-refractivity contribution in [2.24, 2.45) is 0 Å². The summed E-state index contributed by atoms with van der Waals surface area (Å²) in [5.74, 6) is 0.381. The molecule has 1 heterocycles. The maximum Gasteiger partial charge on any atom is 0.257 e. The Morgan fingerprint density at radius 3 is 2.37 bits per heavy atom. The molecule has 0 aliphatic rings. The van der Waals surface area contributed by atoms with Crippen LogP contribution >= 0.6 is 0 Å². The van der Waals surface area contributed by atoms with Crippen LogP contribution in [-0.4, -0.2) is 23.8 Å². The monoisotopic (exact) mass is 361 g/mol. The molecule has 27 heavy (non-hydrogen) atoms. The Bertz CT molecular complexity index is 968. The quantitative estimate of drug-likeness (QED) is 0.640. The molecule has 0 spiro atoms. The number of rotatable bonds is 6. The van der Waals surface area contributed by atoms with Crippen LogP contribution < -0.4 is 15.4 Å². The van der Waals surface area contributed by atoms with E-state index in [1.54, 1.807) is 43.6 Å². The summed E-state index contributed by atoms with van der Waals surface area (Å²) in [6.07, 6.45) is 3.12. The topological polar surface area (TPSA) is 80.3 Å². The van der Waals surface area contributed by atoms with Crippen molar-refractivity contribution < 1.29 is 14.3 Å². The first-order valence-electron chi connectivity index (χ1n) is 8.34. The lowest BCUT2D eigenvalue weighted by molar-refractivity contribution is 0.101. The first kappa shape index (κ1) is 18.1. The number of benzene rings is 2. The van der Waals surface area contributed by atoms with Gasteiger partial charge in [-0.2, -0.15) is 0 Å². The molecule has 0 aliphatic heterocycles. The van der Waals surface area contributed by atoms with Crippen LogP contribution in [0.1, 0.15) is 27.6 Å². The van der Waals surface area contributed by atoms with E-state index in [0.29, 0.717) is 28.3 Å². The average Bonchev–Trinajstić information content (AvgIpc) is 2.69. The predicted octanol–water partition coefficient (Wildman–Crippen LogP) is 4.29. The number of carbonyl (C=O) groups excluding carboxylic acids is 2. The number of nitrogens with zero attached hydrogens (tertiary/aromatic N) is 1. The third kappa shape index (κ3) is 4.49. The third-order valence-corrected chi connectivity index (χ3v) is 3.94. The molecule has 0 bridgehead atoms. The van der Waals surface area contributed by atoms with Crippen molar-refractivity contribution >= 4 is 28.8 Å². The van der Waals surface area contributed by atoms with Gasteiger partial charge in [0.25, 0.3) is 5.91 Å². The second-order valence-corrected chi connectivity index (χ2v) is 5.88. The lowest BCUT2D eigenvalue weighted by Gasteiger charge is -2.11. The van der Waals surface area contributed by atoms with E-state index in [-0.39, 0.29) is 11.7 Å². The van der Waals surface area contributed by atoms with Gasteiger partial charge >= 0.3 is 0 Å². The number of nitrogens with one attached hydrogen (secondary N) is 2. The van der Waals surface area contributed by atoms with Crippen LogP contribution in [0.5, 0.6) is 5.75 Å². The molecule has 0 unspecified atom stereocenters. The normalized spacial score (nSPS) is 10.1. The fourth-order valence-electron chi connectivity index (χ4n) is 2.53. The lowest BCUT2D eigenvalue weighted by atomic mass is 10.1. The summed E-state index contributed by atoms with van der Waals surface area (Å²) in [6, 6.07) is 15.9. The Labute approximate surface area is 157 Å². The van der Waals surface area contributed by atoms with Crippen molar-refractivity contribution in [2.75, 3.05) is 17.7 Å². The molecule has 0 fully saturated rings. The predicted molar refractivity (Wildman–Crippen MR) is 105 cm³/mol. The highest BCUT2D eigenvalue weighted by Crippen LogP contribution is 2.27. The number of hydrogen-bond acceptors (Lipinski definition) is 5. The van der Waals surface area contributed by atoms with Crippen molar-refractivity contribution in [1.82, 2.24) is 4.98 Å². The van der Waals surface area contributed by atoms with Crippen LogP contribution in [0.4, 0.5) is 17.1 Å². The number of anilines is 3. The van der Waals surface area contributed by atoms with Gasteiger partial charge in [0, 0.05) is 17.4 Å². The number of methoxy groups -OCH3 is 1. The van der Waals surface area contributed by atoms with Gasteiger partial charge in [-0.15, -0.1) is 0 Å². The number of Topliss-reactive ketones (excluding diaryl/α,β-unsaturated/α-hetero) is 1. The molecule has 6 heteroatoms. The van der Waals surface area contributed by atoms with Crippen LogP contribution in [-0.2, 0) is 0 Å². The summed E-state index contributed by atoms with van der Waals surface area (Å²) in [4.78, 5) is 27.9. The number of aromatic nitrogens is 1. The SMILES string of the molecule is COc1ccccc1Nc1cncc(C(=O)Nc2ccc(C(C)=O)cc2)c1. The summed E-state index contributed by atoms with van der Waals surface area (Å²) >= 11 is 0. The van der Waals surface area contributed by atoms with E-state index in [4.69, 9.17) is 4.74 Å². The van der Waals surface area contributed by atoms with Crippen LogP contribution in [0, 0.1) is 0 Å². The zero-order chi connectivity index (χ0) is 19.2. The molecule has 6 nitrogen and oxygen atoms in total. The molecule has 0 saturated carbocycles. The van der Waals surface area contributed by atoms with Crippen molar-refractivity contribution in [3.63, 3.8) is 0 Å². The molecule has 3 rings (SSSR count). The third-order valence-electron chi connectivity index (χ3n) is 3.94. The van der Waals surface area contributed by atoms with Gasteiger partial charge < -0.3 is 15.4 Å². The molecule has 0 atom stereocenters. The van der Waals surface area contributed by atoms with Gasteiger partial charge in [0.2, 0.25) is 0 Å². The van der Waals surface area contributed by atoms with Crippen LogP contribution in [0.3, 0.4) is 0 Å². The number of ether oxygens (including phenoxy) is 1. The van der Waals surface area contributed by atoms with E-state index < -0.39 is 0 Å². The van der Waals surface area contributed by atoms with E-state index in [2.05, 4.69) is 15.6 Å². The first-order chi connectivity index (χ1) is 13.1. The summed E-state index contributed by atoms with van der Waals surface area (Å²) in [6.45, 7) is 1.50. The minimum atomic E-state index is -0.290. The van der Waals surface area contributed by atoms with Crippen molar-refractivity contribution in [1.29, 1.82) is 0 Å². The zero-order valence-electron chi connectivity index (χ0n) is 15.0. The highest BCUT2D eigenvalue weighted by atomic mass is 16.5. The standard InChI is InChI=1S/C21H19N3O3/c1-14(25)15-7-9-17(10-8-15)24-21(26)16-11-18(13-22-12-16)23-19-5-3-4-6-20(19)27-2/h3-13,23H,1-2H3,(H,24,26). The van der Waals surface area contributed by atoms with Crippen LogP contribution in [0.25, 0.3) is 0 Å². The Kier molecular flexibility index (Phi) is 5.47. The van der Waals surface area contributed by atoms with Gasteiger partial charge in [0.05, 0.1) is 30.2 Å². The summed E-state index contributed by atoms with van der Waals surface area (Å²) in [5, 5.41) is 5.99. The van der Waals surface area contributed by atoms with Crippen molar-refractivity contribution in [2.45, 2.75) is 6.92 Å². The van der Waals surface area contributed by atoms with E-state index in [1.807, 2.05) is 24.3 Å². The first-order valence-corrected chi connectivity index (χ1v) is 8.34. The van der Waals surface area contributed by atoms with Crippen molar-refractivity contribution in [3.05, 3.63) is 78.1 Å².